The molecule has 0 atom stereocenters. The summed E-state index contributed by atoms with van der Waals surface area (Å²) in [6, 6.07) is 7.97. The molecule has 0 saturated heterocycles. The second-order valence-corrected chi connectivity index (χ2v) is 6.44. The van der Waals surface area contributed by atoms with Crippen molar-refractivity contribution < 1.29 is 4.52 Å². The highest BCUT2D eigenvalue weighted by Gasteiger charge is 2.12. The fourth-order valence-electron chi connectivity index (χ4n) is 1.74. The Bertz CT molecular complexity index is 740. The zero-order chi connectivity index (χ0) is 14.7. The van der Waals surface area contributed by atoms with Crippen LogP contribution in [0.3, 0.4) is 0 Å². The highest BCUT2D eigenvalue weighted by molar-refractivity contribution is 8.00. The van der Waals surface area contributed by atoms with Gasteiger partial charge < -0.3 is 9.84 Å². The number of anilines is 1. The third-order valence-electron chi connectivity index (χ3n) is 2.79. The number of nitrogens with one attached hydrogen (secondary N) is 1. The highest BCUT2D eigenvalue weighted by atomic mass is 32.2. The van der Waals surface area contributed by atoms with Crippen LogP contribution in [0.4, 0.5) is 5.13 Å². The Morgan fingerprint density at radius 3 is 2.90 bits per heavy atom. The van der Waals surface area contributed by atoms with Crippen LogP contribution < -0.4 is 5.32 Å². The van der Waals surface area contributed by atoms with Crippen LogP contribution in [-0.4, -0.2) is 27.4 Å². The third kappa shape index (κ3) is 3.22. The lowest BCUT2D eigenvalue weighted by Gasteiger charge is -1.97. The second-order valence-electron chi connectivity index (χ2n) is 4.24. The van der Waals surface area contributed by atoms with Crippen LogP contribution in [0, 0.1) is 6.92 Å². The molecule has 3 rings (SSSR count). The number of hydrogen-bond acceptors (Lipinski definition) is 8. The molecule has 0 unspecified atom stereocenters. The Kier molecular flexibility index (Phi) is 4.16. The van der Waals surface area contributed by atoms with E-state index < -0.39 is 0 Å². The molecule has 0 aliphatic carbocycles. The first-order valence-electron chi connectivity index (χ1n) is 6.29. The Labute approximate surface area is 130 Å². The molecular formula is C13H13N5OS2. The molecule has 21 heavy (non-hydrogen) atoms. The van der Waals surface area contributed by atoms with Crippen molar-refractivity contribution in [2.24, 2.45) is 0 Å². The zero-order valence-electron chi connectivity index (χ0n) is 11.5. The van der Waals surface area contributed by atoms with Crippen LogP contribution in [-0.2, 0) is 5.75 Å². The third-order valence-corrected chi connectivity index (χ3v) is 4.85. The summed E-state index contributed by atoms with van der Waals surface area (Å²) in [4.78, 5) is 4.43. The van der Waals surface area contributed by atoms with Gasteiger partial charge in [-0.15, -0.1) is 10.2 Å². The monoisotopic (exact) mass is 319 g/mol. The topological polar surface area (TPSA) is 76.7 Å². The molecule has 0 aliphatic heterocycles. The predicted octanol–water partition coefficient (Wildman–Crippen LogP) is 3.23. The van der Waals surface area contributed by atoms with Crippen LogP contribution in [0.25, 0.3) is 11.4 Å². The smallest absolute Gasteiger partial charge is 0.237 e. The summed E-state index contributed by atoms with van der Waals surface area (Å²) in [6.45, 7) is 2.03. The van der Waals surface area contributed by atoms with Gasteiger partial charge in [-0.05, 0) is 12.5 Å². The Balaban J connectivity index is 1.69. The van der Waals surface area contributed by atoms with Crippen LogP contribution in [0.15, 0.2) is 33.1 Å². The van der Waals surface area contributed by atoms with Crippen molar-refractivity contribution in [1.29, 1.82) is 0 Å². The summed E-state index contributed by atoms with van der Waals surface area (Å²) in [5, 5.41) is 15.8. The first-order valence-corrected chi connectivity index (χ1v) is 8.09. The summed E-state index contributed by atoms with van der Waals surface area (Å²) in [6.07, 6.45) is 0. The molecule has 3 aromatic rings. The van der Waals surface area contributed by atoms with Gasteiger partial charge in [0.15, 0.2) is 4.34 Å². The fraction of sp³-hybridized carbons (Fsp3) is 0.231. The van der Waals surface area contributed by atoms with E-state index in [4.69, 9.17) is 4.52 Å². The number of hydrogen-bond donors (Lipinski definition) is 1. The first-order chi connectivity index (χ1) is 10.3. The van der Waals surface area contributed by atoms with E-state index in [2.05, 4.69) is 25.7 Å². The normalized spacial score (nSPS) is 10.8. The largest absolute Gasteiger partial charge is 0.363 e. The number of aryl methyl sites for hydroxylation is 1. The van der Waals surface area contributed by atoms with Gasteiger partial charge in [0.1, 0.15) is 0 Å². The van der Waals surface area contributed by atoms with E-state index in [1.54, 1.807) is 0 Å². The van der Waals surface area contributed by atoms with Gasteiger partial charge in [0.2, 0.25) is 16.8 Å². The first kappa shape index (κ1) is 14.0. The molecule has 1 aromatic carbocycles. The number of benzene rings is 1. The lowest BCUT2D eigenvalue weighted by molar-refractivity contribution is 0.391. The van der Waals surface area contributed by atoms with Gasteiger partial charge in [0, 0.05) is 12.6 Å². The lowest BCUT2D eigenvalue weighted by Crippen LogP contribution is -1.85. The van der Waals surface area contributed by atoms with Gasteiger partial charge in [-0.2, -0.15) is 4.98 Å². The van der Waals surface area contributed by atoms with Crippen molar-refractivity contribution in [1.82, 2.24) is 20.3 Å². The molecule has 1 N–H and O–H groups in total. The SMILES string of the molecule is CNc1nnc(SCc2nc(-c3ccccc3C)no2)s1. The molecule has 0 amide bonds. The molecule has 108 valence electrons. The Morgan fingerprint density at radius 2 is 2.14 bits per heavy atom. The van der Waals surface area contributed by atoms with Gasteiger partial charge in [0.05, 0.1) is 5.75 Å². The summed E-state index contributed by atoms with van der Waals surface area (Å²) in [7, 11) is 1.82. The van der Waals surface area contributed by atoms with Gasteiger partial charge in [-0.1, -0.05) is 52.5 Å². The maximum Gasteiger partial charge on any atom is 0.237 e. The van der Waals surface area contributed by atoms with E-state index >= 15 is 0 Å². The van der Waals surface area contributed by atoms with Crippen LogP contribution in [0.5, 0.6) is 0 Å². The van der Waals surface area contributed by atoms with E-state index in [0.29, 0.717) is 17.5 Å². The average Bonchev–Trinajstić information content (AvgIpc) is 3.14. The van der Waals surface area contributed by atoms with Crippen LogP contribution in [0.1, 0.15) is 11.5 Å². The quantitative estimate of drug-likeness (QED) is 0.723. The van der Waals surface area contributed by atoms with Crippen molar-refractivity contribution >= 4 is 28.2 Å². The molecule has 0 radical (unpaired) electrons. The number of aromatic nitrogens is 4. The minimum Gasteiger partial charge on any atom is -0.363 e. The van der Waals surface area contributed by atoms with Crippen LogP contribution >= 0.6 is 23.1 Å². The van der Waals surface area contributed by atoms with E-state index in [-0.39, 0.29) is 0 Å². The summed E-state index contributed by atoms with van der Waals surface area (Å²) in [5.74, 6) is 1.79. The Hall–Kier alpha value is -1.93. The van der Waals surface area contributed by atoms with E-state index in [1.807, 2.05) is 38.2 Å². The van der Waals surface area contributed by atoms with E-state index in [0.717, 1.165) is 20.6 Å². The molecule has 2 heterocycles. The minimum absolute atomic E-state index is 0.581. The average molecular weight is 319 g/mol. The van der Waals surface area contributed by atoms with Gasteiger partial charge in [-0.25, -0.2) is 0 Å². The maximum absolute atomic E-state index is 5.29. The Morgan fingerprint density at radius 1 is 1.29 bits per heavy atom. The molecule has 8 heteroatoms. The van der Waals surface area contributed by atoms with Crippen molar-refractivity contribution in [2.45, 2.75) is 17.0 Å². The van der Waals surface area contributed by atoms with E-state index in [9.17, 15) is 0 Å². The summed E-state index contributed by atoms with van der Waals surface area (Å²) < 4.78 is 6.16. The summed E-state index contributed by atoms with van der Waals surface area (Å²) >= 11 is 3.03. The van der Waals surface area contributed by atoms with Crippen molar-refractivity contribution in [3.63, 3.8) is 0 Å². The molecule has 0 saturated carbocycles. The van der Waals surface area contributed by atoms with Crippen molar-refractivity contribution in [3.05, 3.63) is 35.7 Å². The van der Waals surface area contributed by atoms with E-state index in [1.165, 1.54) is 23.1 Å². The molecule has 0 bridgehead atoms. The van der Waals surface area contributed by atoms with Gasteiger partial charge >= 0.3 is 0 Å². The van der Waals surface area contributed by atoms with Gasteiger partial charge in [0.25, 0.3) is 0 Å². The maximum atomic E-state index is 5.29. The molecule has 6 nitrogen and oxygen atoms in total. The van der Waals surface area contributed by atoms with Crippen LogP contribution in [0.2, 0.25) is 0 Å². The molecule has 0 fully saturated rings. The molecular weight excluding hydrogens is 306 g/mol. The van der Waals surface area contributed by atoms with Crippen molar-refractivity contribution in [3.8, 4) is 11.4 Å². The molecule has 0 aliphatic rings. The second kappa shape index (κ2) is 6.23. The number of rotatable bonds is 5. The lowest BCUT2D eigenvalue weighted by atomic mass is 10.1. The number of thioether (sulfide) groups is 1. The minimum atomic E-state index is 0.581. The van der Waals surface area contributed by atoms with Gasteiger partial charge in [-0.3, -0.25) is 0 Å². The highest BCUT2D eigenvalue weighted by Crippen LogP contribution is 2.28. The summed E-state index contributed by atoms with van der Waals surface area (Å²) in [5.41, 5.74) is 2.12. The zero-order valence-corrected chi connectivity index (χ0v) is 13.2. The van der Waals surface area contributed by atoms with Crippen molar-refractivity contribution in [2.75, 3.05) is 12.4 Å². The standard InChI is InChI=1S/C13H13N5OS2/c1-8-5-3-4-6-9(8)11-15-10(19-18-11)7-20-13-17-16-12(14-2)21-13/h3-6H,7H2,1-2H3,(H,14,16). The number of nitrogens with zero attached hydrogens (tertiary/aromatic N) is 4. The predicted molar refractivity (Wildman–Crippen MR) is 83.5 cm³/mol. The fourth-order valence-corrected chi connectivity index (χ4v) is 3.28. The molecule has 0 spiro atoms. The molecule has 2 aromatic heterocycles.